The normalized spacial score (nSPS) is 11.5. The van der Waals surface area contributed by atoms with Gasteiger partial charge in [-0.3, -0.25) is 0 Å². The van der Waals surface area contributed by atoms with Crippen LogP contribution in [0.4, 0.5) is 0 Å². The predicted molar refractivity (Wildman–Crippen MR) is 214 cm³/mol. The van der Waals surface area contributed by atoms with Gasteiger partial charge in [0.05, 0.1) is 10.0 Å². The number of hydrogen-bond donors (Lipinski definition) is 0. The molecule has 0 saturated heterocycles. The Balaban J connectivity index is 1.58. The molecule has 0 aliphatic heterocycles. The molecule has 230 valence electrons. The molecule has 0 aromatic heterocycles. The second-order valence-electron chi connectivity index (χ2n) is 11.6. The molecule has 0 aliphatic rings. The topological polar surface area (TPSA) is 0 Å². The summed E-state index contributed by atoms with van der Waals surface area (Å²) >= 11 is 15.2. The van der Waals surface area contributed by atoms with Gasteiger partial charge in [0, 0.05) is 21.7 Å². The summed E-state index contributed by atoms with van der Waals surface area (Å²) in [5.41, 5.74) is 2.31. The third-order valence-electron chi connectivity index (χ3n) is 8.71. The summed E-state index contributed by atoms with van der Waals surface area (Å²) in [6.07, 6.45) is 0. The van der Waals surface area contributed by atoms with Crippen LogP contribution in [0.5, 0.6) is 0 Å². The van der Waals surface area contributed by atoms with Crippen LogP contribution >= 0.6 is 39.0 Å². The Kier molecular flexibility index (Phi) is 8.84. The van der Waals surface area contributed by atoms with Gasteiger partial charge in [-0.1, -0.05) is 193 Å². The molecule has 0 nitrogen and oxygen atoms in total. The monoisotopic (exact) mass is 690 g/mol. The molecule has 8 aromatic carbocycles. The Labute approximate surface area is 294 Å². The molecule has 0 spiro atoms. The van der Waals surface area contributed by atoms with Crippen molar-refractivity contribution in [1.29, 1.82) is 0 Å². The van der Waals surface area contributed by atoms with E-state index in [4.69, 9.17) is 23.2 Å². The highest BCUT2D eigenvalue weighted by atomic mass is 35.5. The van der Waals surface area contributed by atoms with Gasteiger partial charge in [0.1, 0.15) is 0 Å². The fourth-order valence-corrected chi connectivity index (χ4v) is 12.6. The van der Waals surface area contributed by atoms with Gasteiger partial charge < -0.3 is 0 Å². The van der Waals surface area contributed by atoms with E-state index >= 15 is 0 Å². The summed E-state index contributed by atoms with van der Waals surface area (Å²) < 4.78 is 0. The third-order valence-corrected chi connectivity index (χ3v) is 14.6. The lowest BCUT2D eigenvalue weighted by atomic mass is 9.93. The minimum absolute atomic E-state index is 0.765. The SMILES string of the molecule is Clc1cc2ccccc2c(-c2c(P(c3ccccc3)c3ccccc3)c(Cl)cc3ccccc23)c1P(c1ccccc1)c1ccccc1. The maximum Gasteiger partial charge on any atom is 0.0502 e. The largest absolute Gasteiger partial charge is 0.0836 e. The van der Waals surface area contributed by atoms with Gasteiger partial charge in [-0.2, -0.15) is 0 Å². The quantitative estimate of drug-likeness (QED) is 0.146. The molecule has 0 unspecified atom stereocenters. The molecule has 0 radical (unpaired) electrons. The lowest BCUT2D eigenvalue weighted by Gasteiger charge is -2.29. The highest BCUT2D eigenvalue weighted by molar-refractivity contribution is 7.81. The minimum atomic E-state index is -1.06. The molecular weight excluding hydrogens is 661 g/mol. The molecule has 0 N–H and O–H groups in total. The Bertz CT molecular complexity index is 2110. The number of fused-ring (bicyclic) bond motifs is 2. The molecule has 8 aromatic rings. The van der Waals surface area contributed by atoms with E-state index in [1.807, 2.05) is 0 Å². The molecule has 0 fully saturated rings. The molecule has 48 heavy (non-hydrogen) atoms. The molecule has 0 aliphatic carbocycles. The Morgan fingerprint density at radius 1 is 0.312 bits per heavy atom. The van der Waals surface area contributed by atoms with Crippen molar-refractivity contribution in [1.82, 2.24) is 0 Å². The highest BCUT2D eigenvalue weighted by Crippen LogP contribution is 2.48. The standard InChI is InChI=1S/C44H30Cl2P2/c45-39-29-31-17-13-15-27-37(31)41(43(39)47(33-19-5-1-6-20-33)34-21-7-2-8-22-34)42-38-28-16-14-18-32(38)30-40(46)44(42)48(35-23-9-3-10-24-35)36-25-11-4-12-26-36/h1-30H. The van der Waals surface area contributed by atoms with Crippen molar-refractivity contribution in [2.45, 2.75) is 0 Å². The molecule has 0 saturated carbocycles. The van der Waals surface area contributed by atoms with Crippen molar-refractivity contribution >= 4 is 92.4 Å². The van der Waals surface area contributed by atoms with Crippen LogP contribution in [0.15, 0.2) is 182 Å². The average Bonchev–Trinajstić information content (AvgIpc) is 3.14. The fourth-order valence-electron chi connectivity index (χ4n) is 6.67. The molecule has 0 amide bonds. The smallest absolute Gasteiger partial charge is 0.0502 e. The van der Waals surface area contributed by atoms with Gasteiger partial charge in [-0.05, 0) is 70.7 Å². The first kappa shape index (κ1) is 31.0. The molecule has 8 rings (SSSR count). The number of halogens is 2. The Hall–Kier alpha value is -4.28. The summed E-state index contributed by atoms with van der Waals surface area (Å²) in [5, 5.41) is 13.4. The van der Waals surface area contributed by atoms with Gasteiger partial charge >= 0.3 is 0 Å². The molecule has 0 heterocycles. The Morgan fingerprint density at radius 2 is 0.583 bits per heavy atom. The van der Waals surface area contributed by atoms with Crippen LogP contribution in [-0.4, -0.2) is 0 Å². The van der Waals surface area contributed by atoms with E-state index in [0.717, 1.165) is 42.6 Å². The molecule has 4 heteroatoms. The molecule has 0 bridgehead atoms. The second-order valence-corrected chi connectivity index (χ2v) is 16.7. The van der Waals surface area contributed by atoms with E-state index in [2.05, 4.69) is 182 Å². The first-order valence-electron chi connectivity index (χ1n) is 15.9. The van der Waals surface area contributed by atoms with Crippen LogP contribution in [0.25, 0.3) is 32.7 Å². The van der Waals surface area contributed by atoms with E-state index in [1.165, 1.54) is 32.0 Å². The van der Waals surface area contributed by atoms with Crippen LogP contribution < -0.4 is 31.8 Å². The van der Waals surface area contributed by atoms with Gasteiger partial charge in [0.15, 0.2) is 0 Å². The van der Waals surface area contributed by atoms with Crippen molar-refractivity contribution in [3.05, 3.63) is 192 Å². The summed E-state index contributed by atoms with van der Waals surface area (Å²) in [4.78, 5) is 0. The van der Waals surface area contributed by atoms with Crippen LogP contribution in [0.1, 0.15) is 0 Å². The average molecular weight is 692 g/mol. The van der Waals surface area contributed by atoms with Crippen LogP contribution in [0, 0.1) is 0 Å². The first-order valence-corrected chi connectivity index (χ1v) is 19.4. The zero-order chi connectivity index (χ0) is 32.5. The van der Waals surface area contributed by atoms with Crippen LogP contribution in [0.2, 0.25) is 10.0 Å². The molecular formula is C44H30Cl2P2. The fraction of sp³-hybridized carbons (Fsp3) is 0. The summed E-state index contributed by atoms with van der Waals surface area (Å²) in [5.74, 6) is 0. The van der Waals surface area contributed by atoms with Gasteiger partial charge in [-0.25, -0.2) is 0 Å². The van der Waals surface area contributed by atoms with Gasteiger partial charge in [0.2, 0.25) is 0 Å². The van der Waals surface area contributed by atoms with Crippen molar-refractivity contribution in [2.75, 3.05) is 0 Å². The maximum absolute atomic E-state index is 7.60. The van der Waals surface area contributed by atoms with Crippen molar-refractivity contribution in [3.63, 3.8) is 0 Å². The van der Waals surface area contributed by atoms with E-state index in [0.29, 0.717) is 0 Å². The second kappa shape index (κ2) is 13.7. The first-order chi connectivity index (χ1) is 23.7. The minimum Gasteiger partial charge on any atom is -0.0836 e. The highest BCUT2D eigenvalue weighted by Gasteiger charge is 2.31. The number of benzene rings is 8. The van der Waals surface area contributed by atoms with Gasteiger partial charge in [0.25, 0.3) is 0 Å². The van der Waals surface area contributed by atoms with Crippen molar-refractivity contribution in [3.8, 4) is 11.1 Å². The summed E-state index contributed by atoms with van der Waals surface area (Å²) in [7, 11) is -2.11. The Morgan fingerprint density at radius 3 is 0.896 bits per heavy atom. The molecule has 0 atom stereocenters. The van der Waals surface area contributed by atoms with Gasteiger partial charge in [-0.15, -0.1) is 0 Å². The number of hydrogen-bond acceptors (Lipinski definition) is 0. The summed E-state index contributed by atoms with van der Waals surface area (Å²) in [6.45, 7) is 0. The lowest BCUT2D eigenvalue weighted by Crippen LogP contribution is -2.27. The predicted octanol–water partition coefficient (Wildman–Crippen LogP) is 10.5. The van der Waals surface area contributed by atoms with Crippen LogP contribution in [0.3, 0.4) is 0 Å². The zero-order valence-corrected chi connectivity index (χ0v) is 29.3. The van der Waals surface area contributed by atoms with Crippen LogP contribution in [-0.2, 0) is 0 Å². The third kappa shape index (κ3) is 5.75. The lowest BCUT2D eigenvalue weighted by molar-refractivity contribution is 1.72. The number of rotatable bonds is 7. The van der Waals surface area contributed by atoms with E-state index < -0.39 is 15.8 Å². The maximum atomic E-state index is 7.60. The summed E-state index contributed by atoms with van der Waals surface area (Å²) in [6, 6.07) is 64.9. The van der Waals surface area contributed by atoms with E-state index in [-0.39, 0.29) is 0 Å². The zero-order valence-electron chi connectivity index (χ0n) is 26.0. The van der Waals surface area contributed by atoms with Crippen molar-refractivity contribution < 1.29 is 0 Å². The van der Waals surface area contributed by atoms with E-state index in [1.54, 1.807) is 0 Å². The van der Waals surface area contributed by atoms with Crippen molar-refractivity contribution in [2.24, 2.45) is 0 Å². The van der Waals surface area contributed by atoms with E-state index in [9.17, 15) is 0 Å².